The van der Waals surface area contributed by atoms with Crippen LogP contribution in [0.5, 0.6) is 5.75 Å². The van der Waals surface area contributed by atoms with Gasteiger partial charge in [-0.2, -0.15) is 0 Å². The van der Waals surface area contributed by atoms with Crippen LogP contribution in [-0.4, -0.2) is 32.1 Å². The zero-order valence-electron chi connectivity index (χ0n) is 10.1. The van der Waals surface area contributed by atoms with Crippen LogP contribution in [0.2, 0.25) is 0 Å². The van der Waals surface area contributed by atoms with E-state index in [1.165, 1.54) is 18.4 Å². The highest BCUT2D eigenvalue weighted by molar-refractivity contribution is 5.36. The molecule has 88 valence electrons. The normalized spacial score (nSPS) is 17.5. The molecule has 0 aromatic heterocycles. The summed E-state index contributed by atoms with van der Waals surface area (Å²) in [5, 5.41) is 0. The van der Waals surface area contributed by atoms with Crippen molar-refractivity contribution in [1.82, 2.24) is 4.90 Å². The van der Waals surface area contributed by atoms with Gasteiger partial charge in [0, 0.05) is 18.6 Å². The molecule has 2 rings (SSSR count). The van der Waals surface area contributed by atoms with Gasteiger partial charge in [0.2, 0.25) is 0 Å². The zero-order chi connectivity index (χ0) is 11.6. The fourth-order valence-corrected chi connectivity index (χ4v) is 2.33. The molecule has 16 heavy (non-hydrogen) atoms. The van der Waals surface area contributed by atoms with E-state index in [0.717, 1.165) is 12.3 Å². The van der Waals surface area contributed by atoms with Crippen molar-refractivity contribution >= 4 is 0 Å². The first-order valence-electron chi connectivity index (χ1n) is 5.79. The molecule has 0 radical (unpaired) electrons. The van der Waals surface area contributed by atoms with Gasteiger partial charge >= 0.3 is 0 Å². The number of hydrogen-bond donors (Lipinski definition) is 1. The first-order chi connectivity index (χ1) is 7.73. The van der Waals surface area contributed by atoms with E-state index in [1.54, 1.807) is 7.11 Å². The Morgan fingerprint density at radius 1 is 1.44 bits per heavy atom. The number of rotatable bonds is 5. The summed E-state index contributed by atoms with van der Waals surface area (Å²) in [6, 6.07) is 8.37. The minimum atomic E-state index is 0.216. The number of methoxy groups -OCH3 is 1. The van der Waals surface area contributed by atoms with Crippen LogP contribution in [0.15, 0.2) is 24.3 Å². The molecule has 0 unspecified atom stereocenters. The third kappa shape index (κ3) is 1.93. The first kappa shape index (κ1) is 11.4. The second-order valence-electron chi connectivity index (χ2n) is 4.47. The van der Waals surface area contributed by atoms with Gasteiger partial charge in [0.1, 0.15) is 5.75 Å². The molecule has 1 aromatic carbocycles. The quantitative estimate of drug-likeness (QED) is 0.818. The summed E-state index contributed by atoms with van der Waals surface area (Å²) in [5.41, 5.74) is 7.19. The summed E-state index contributed by atoms with van der Waals surface area (Å²) in [5.74, 6) is 0.935. The maximum absolute atomic E-state index is 5.62. The average molecular weight is 220 g/mol. The minimum Gasteiger partial charge on any atom is -0.497 e. The van der Waals surface area contributed by atoms with E-state index in [4.69, 9.17) is 10.5 Å². The second-order valence-corrected chi connectivity index (χ2v) is 4.47. The van der Waals surface area contributed by atoms with Crippen LogP contribution in [0.1, 0.15) is 18.4 Å². The lowest BCUT2D eigenvalue weighted by Crippen LogP contribution is -2.35. The highest BCUT2D eigenvalue weighted by atomic mass is 16.5. The summed E-state index contributed by atoms with van der Waals surface area (Å²) in [7, 11) is 3.86. The van der Waals surface area contributed by atoms with Crippen LogP contribution in [-0.2, 0) is 5.54 Å². The molecule has 0 saturated heterocycles. The highest BCUT2D eigenvalue weighted by Gasteiger charge is 2.47. The Kier molecular flexibility index (Phi) is 3.17. The Morgan fingerprint density at radius 3 is 2.75 bits per heavy atom. The van der Waals surface area contributed by atoms with Gasteiger partial charge in [-0.15, -0.1) is 0 Å². The van der Waals surface area contributed by atoms with Crippen LogP contribution in [0.25, 0.3) is 0 Å². The van der Waals surface area contributed by atoms with Gasteiger partial charge in [-0.1, -0.05) is 12.1 Å². The van der Waals surface area contributed by atoms with E-state index in [1.807, 2.05) is 6.07 Å². The molecule has 1 aromatic rings. The van der Waals surface area contributed by atoms with E-state index < -0.39 is 0 Å². The van der Waals surface area contributed by atoms with Crippen LogP contribution < -0.4 is 10.5 Å². The predicted octanol–water partition coefficient (Wildman–Crippen LogP) is 1.57. The fourth-order valence-electron chi connectivity index (χ4n) is 2.33. The third-order valence-electron chi connectivity index (χ3n) is 3.53. The van der Waals surface area contributed by atoms with Crippen molar-refractivity contribution in [3.05, 3.63) is 29.8 Å². The lowest BCUT2D eigenvalue weighted by Gasteiger charge is -2.28. The fraction of sp³-hybridized carbons (Fsp3) is 0.538. The molecular formula is C13H20N2O. The molecule has 2 N–H and O–H groups in total. The van der Waals surface area contributed by atoms with Crippen molar-refractivity contribution in [2.45, 2.75) is 18.4 Å². The lowest BCUT2D eigenvalue weighted by atomic mass is 10.0. The monoisotopic (exact) mass is 220 g/mol. The summed E-state index contributed by atoms with van der Waals surface area (Å²) in [6.45, 7) is 1.65. The second kappa shape index (κ2) is 4.44. The highest BCUT2D eigenvalue weighted by Crippen LogP contribution is 2.50. The number of likely N-dealkylation sites (N-methyl/N-ethyl adjacent to an activating group) is 1. The van der Waals surface area contributed by atoms with Gasteiger partial charge < -0.3 is 10.5 Å². The van der Waals surface area contributed by atoms with Crippen LogP contribution in [0, 0.1) is 0 Å². The van der Waals surface area contributed by atoms with Crippen LogP contribution >= 0.6 is 0 Å². The Hall–Kier alpha value is -1.06. The predicted molar refractivity (Wildman–Crippen MR) is 65.6 cm³/mol. The topological polar surface area (TPSA) is 38.5 Å². The maximum atomic E-state index is 5.62. The largest absolute Gasteiger partial charge is 0.497 e. The summed E-state index contributed by atoms with van der Waals surface area (Å²) in [6.07, 6.45) is 2.44. The molecule has 0 heterocycles. The maximum Gasteiger partial charge on any atom is 0.119 e. The van der Waals surface area contributed by atoms with Crippen LogP contribution in [0.4, 0.5) is 0 Å². The molecule has 0 bridgehead atoms. The van der Waals surface area contributed by atoms with Crippen LogP contribution in [0.3, 0.4) is 0 Å². The zero-order valence-corrected chi connectivity index (χ0v) is 10.1. The smallest absolute Gasteiger partial charge is 0.119 e. The van der Waals surface area contributed by atoms with Gasteiger partial charge in [-0.25, -0.2) is 0 Å². The number of nitrogens with two attached hydrogens (primary N) is 1. The van der Waals surface area contributed by atoms with Gasteiger partial charge in [-0.3, -0.25) is 4.90 Å². The van der Waals surface area contributed by atoms with Crippen molar-refractivity contribution in [3.8, 4) is 5.75 Å². The Balaban J connectivity index is 2.22. The molecule has 0 amide bonds. The van der Waals surface area contributed by atoms with Gasteiger partial charge in [0.25, 0.3) is 0 Å². The van der Waals surface area contributed by atoms with E-state index in [0.29, 0.717) is 6.54 Å². The van der Waals surface area contributed by atoms with E-state index in [9.17, 15) is 0 Å². The van der Waals surface area contributed by atoms with Crippen molar-refractivity contribution in [2.75, 3.05) is 27.2 Å². The van der Waals surface area contributed by atoms with Crippen molar-refractivity contribution in [2.24, 2.45) is 5.73 Å². The minimum absolute atomic E-state index is 0.216. The number of nitrogens with zero attached hydrogens (tertiary/aromatic N) is 1. The Labute approximate surface area is 97.2 Å². The van der Waals surface area contributed by atoms with Gasteiger partial charge in [0.05, 0.1) is 7.11 Å². The molecule has 1 fully saturated rings. The Morgan fingerprint density at radius 2 is 2.19 bits per heavy atom. The molecule has 0 aliphatic heterocycles. The molecular weight excluding hydrogens is 200 g/mol. The van der Waals surface area contributed by atoms with Crippen molar-refractivity contribution in [3.63, 3.8) is 0 Å². The lowest BCUT2D eigenvalue weighted by molar-refractivity contribution is 0.228. The van der Waals surface area contributed by atoms with E-state index in [2.05, 4.69) is 30.1 Å². The number of ether oxygens (including phenoxy) is 1. The molecule has 1 saturated carbocycles. The van der Waals surface area contributed by atoms with E-state index >= 15 is 0 Å². The molecule has 0 spiro atoms. The standard InChI is InChI=1S/C13H20N2O/c1-15(9-8-14)13(6-7-13)11-4-3-5-12(10-11)16-2/h3-5,10H,6-9,14H2,1-2H3. The number of hydrogen-bond acceptors (Lipinski definition) is 3. The molecule has 3 nitrogen and oxygen atoms in total. The van der Waals surface area contributed by atoms with Gasteiger partial charge in [0.15, 0.2) is 0 Å². The Bertz CT molecular complexity index is 361. The summed E-state index contributed by atoms with van der Waals surface area (Å²) >= 11 is 0. The van der Waals surface area contributed by atoms with Gasteiger partial charge in [-0.05, 0) is 37.6 Å². The van der Waals surface area contributed by atoms with Crippen molar-refractivity contribution in [1.29, 1.82) is 0 Å². The van der Waals surface area contributed by atoms with Crippen molar-refractivity contribution < 1.29 is 4.74 Å². The molecule has 3 heteroatoms. The summed E-state index contributed by atoms with van der Waals surface area (Å²) < 4.78 is 5.27. The third-order valence-corrected chi connectivity index (χ3v) is 3.53. The molecule has 0 atom stereocenters. The SMILES string of the molecule is COc1cccc(C2(N(C)CCN)CC2)c1. The first-order valence-corrected chi connectivity index (χ1v) is 5.79. The summed E-state index contributed by atoms with van der Waals surface area (Å²) in [4.78, 5) is 2.36. The van der Waals surface area contributed by atoms with E-state index in [-0.39, 0.29) is 5.54 Å². The molecule has 1 aliphatic rings. The number of benzene rings is 1. The average Bonchev–Trinajstić information content (AvgIpc) is 3.11. The molecule has 1 aliphatic carbocycles.